The number of piperidine rings is 1. The molecule has 9 nitrogen and oxygen atoms in total. The van der Waals surface area contributed by atoms with Gasteiger partial charge in [0, 0.05) is 30.1 Å². The van der Waals surface area contributed by atoms with E-state index in [4.69, 9.17) is 5.11 Å². The first kappa shape index (κ1) is 24.9. The Hall–Kier alpha value is -3.20. The largest absolute Gasteiger partial charge is 0.481 e. The van der Waals surface area contributed by atoms with Crippen LogP contribution in [0, 0.1) is 31.6 Å². The lowest BCUT2D eigenvalue weighted by atomic mass is 9.97. The van der Waals surface area contributed by atoms with E-state index in [-0.39, 0.29) is 16.6 Å². The van der Waals surface area contributed by atoms with Crippen LogP contribution in [-0.4, -0.2) is 62.6 Å². The Morgan fingerprint density at radius 1 is 1.31 bits per heavy atom. The normalized spacial score (nSPS) is 14.5. The van der Waals surface area contributed by atoms with Gasteiger partial charge in [-0.25, -0.2) is 14.5 Å². The number of thiophene rings is 1. The predicted octanol–water partition coefficient (Wildman–Crippen LogP) is 2.01. The summed E-state index contributed by atoms with van der Waals surface area (Å²) in [6, 6.07) is 3.61. The number of hydrogen-bond donors (Lipinski definition) is 3. The molecule has 3 aromatic heterocycles. The number of rotatable bonds is 5. The molecule has 0 unspecified atom stereocenters. The molecule has 0 bridgehead atoms. The van der Waals surface area contributed by atoms with Crippen molar-refractivity contribution in [3.8, 4) is 17.7 Å². The van der Waals surface area contributed by atoms with Crippen LogP contribution in [0.25, 0.3) is 16.0 Å². The zero-order valence-corrected chi connectivity index (χ0v) is 21.1. The number of hydrogen-bond acceptors (Lipinski definition) is 8. The topological polar surface area (TPSA) is 117 Å². The fourth-order valence-electron chi connectivity index (χ4n) is 4.04. The van der Waals surface area contributed by atoms with E-state index in [1.54, 1.807) is 12.3 Å². The summed E-state index contributed by atoms with van der Waals surface area (Å²) in [6.07, 6.45) is 2.85. The number of carbonyl (C=O) groups is 2. The number of nitrogens with zero attached hydrogens (tertiary/aromatic N) is 4. The highest BCUT2D eigenvalue weighted by Gasteiger charge is 2.24. The molecule has 0 saturated carbocycles. The second kappa shape index (κ2) is 10.6. The van der Waals surface area contributed by atoms with Crippen LogP contribution >= 0.6 is 24.0 Å². The number of carboxylic acids is 1. The maximum Gasteiger partial charge on any atom is 0.306 e. The van der Waals surface area contributed by atoms with Crippen molar-refractivity contribution < 1.29 is 14.7 Å². The monoisotopic (exact) mass is 511 g/mol. The van der Waals surface area contributed by atoms with E-state index in [9.17, 15) is 14.4 Å². The maximum atomic E-state index is 13.4. The van der Waals surface area contributed by atoms with Crippen molar-refractivity contribution in [3.05, 3.63) is 44.7 Å². The van der Waals surface area contributed by atoms with E-state index in [0.717, 1.165) is 10.4 Å². The van der Waals surface area contributed by atoms with Crippen molar-refractivity contribution in [3.63, 3.8) is 0 Å². The minimum atomic E-state index is -0.743. The summed E-state index contributed by atoms with van der Waals surface area (Å²) in [5.41, 5.74) is 1.08. The zero-order valence-electron chi connectivity index (χ0n) is 19.4. The number of amides is 1. The molecule has 0 atom stereocenters. The molecule has 4 rings (SSSR count). The van der Waals surface area contributed by atoms with Gasteiger partial charge in [0.05, 0.1) is 16.9 Å². The fraction of sp³-hybridized carbons (Fsp3) is 0.375. The number of likely N-dealkylation sites (tertiary alicyclic amines) is 1. The first-order chi connectivity index (χ1) is 16.7. The summed E-state index contributed by atoms with van der Waals surface area (Å²) in [5, 5.41) is 12.4. The van der Waals surface area contributed by atoms with Crippen LogP contribution in [-0.2, 0) is 9.59 Å². The Morgan fingerprint density at radius 3 is 2.74 bits per heavy atom. The molecule has 35 heavy (non-hydrogen) atoms. The van der Waals surface area contributed by atoms with E-state index in [2.05, 4.69) is 44.7 Å². The van der Waals surface area contributed by atoms with Crippen molar-refractivity contribution in [2.75, 3.05) is 26.2 Å². The highest BCUT2D eigenvalue weighted by atomic mass is 32.1. The Kier molecular flexibility index (Phi) is 7.54. The third-order valence-electron chi connectivity index (χ3n) is 5.97. The molecule has 0 radical (unpaired) electrons. The van der Waals surface area contributed by atoms with E-state index in [1.165, 1.54) is 15.9 Å². The predicted molar refractivity (Wildman–Crippen MR) is 136 cm³/mol. The molecule has 11 heteroatoms. The van der Waals surface area contributed by atoms with Crippen molar-refractivity contribution >= 4 is 46.1 Å². The molecule has 0 aliphatic carbocycles. The maximum absolute atomic E-state index is 13.4. The number of aromatic nitrogens is 3. The molecule has 4 heterocycles. The lowest BCUT2D eigenvalue weighted by molar-refractivity contribution is -0.143. The molecule has 1 aliphatic rings. The van der Waals surface area contributed by atoms with Crippen molar-refractivity contribution in [1.82, 2.24) is 24.8 Å². The SMILES string of the molecule is Cc1ccnc(-n2c(S)nc3sc(C)c(C#CC(=O)NCCN4CCC(C(=O)O)CC4)c3c2=O)c1. The first-order valence-electron chi connectivity index (χ1n) is 11.2. The molecule has 1 amide bonds. The van der Waals surface area contributed by atoms with Crippen molar-refractivity contribution in [2.24, 2.45) is 5.92 Å². The van der Waals surface area contributed by atoms with Gasteiger partial charge in [-0.05, 0) is 57.5 Å². The van der Waals surface area contributed by atoms with Gasteiger partial charge in [0.2, 0.25) is 0 Å². The molecule has 2 N–H and O–H groups in total. The van der Waals surface area contributed by atoms with Gasteiger partial charge >= 0.3 is 5.97 Å². The molecule has 3 aromatic rings. The second-order valence-corrected chi connectivity index (χ2v) is 10.0. The summed E-state index contributed by atoms with van der Waals surface area (Å²) in [7, 11) is 0. The lowest BCUT2D eigenvalue weighted by Crippen LogP contribution is -2.40. The van der Waals surface area contributed by atoms with Gasteiger partial charge in [0.15, 0.2) is 5.16 Å². The molecular formula is C24H25N5O4S2. The van der Waals surface area contributed by atoms with Gasteiger partial charge in [-0.2, -0.15) is 0 Å². The third kappa shape index (κ3) is 5.56. The Morgan fingerprint density at radius 2 is 2.06 bits per heavy atom. The van der Waals surface area contributed by atoms with Gasteiger partial charge in [-0.1, -0.05) is 5.92 Å². The summed E-state index contributed by atoms with van der Waals surface area (Å²) in [5.74, 6) is 4.40. The second-order valence-electron chi connectivity index (χ2n) is 8.42. The molecule has 182 valence electrons. The summed E-state index contributed by atoms with van der Waals surface area (Å²) in [6.45, 7) is 6.17. The minimum absolute atomic E-state index is 0.228. The van der Waals surface area contributed by atoms with Gasteiger partial charge in [-0.3, -0.25) is 14.4 Å². The number of carbonyl (C=O) groups excluding carboxylic acids is 1. The van der Waals surface area contributed by atoms with Crippen molar-refractivity contribution in [2.45, 2.75) is 31.8 Å². The summed E-state index contributed by atoms with van der Waals surface area (Å²) < 4.78 is 1.34. The van der Waals surface area contributed by atoms with E-state index in [1.807, 2.05) is 19.9 Å². The molecule has 1 saturated heterocycles. The number of aliphatic carboxylic acids is 1. The van der Waals surface area contributed by atoms with Crippen LogP contribution in [0.1, 0.15) is 28.8 Å². The van der Waals surface area contributed by atoms with Gasteiger partial charge in [0.1, 0.15) is 10.6 Å². The number of aryl methyl sites for hydroxylation is 2. The van der Waals surface area contributed by atoms with Crippen LogP contribution in [0.2, 0.25) is 0 Å². The molecule has 0 spiro atoms. The third-order valence-corrected chi connectivity index (χ3v) is 7.26. The number of nitrogens with one attached hydrogen (secondary N) is 1. The van der Waals surface area contributed by atoms with Crippen LogP contribution in [0.4, 0.5) is 0 Å². The molecule has 0 aromatic carbocycles. The zero-order chi connectivity index (χ0) is 25.1. The number of fused-ring (bicyclic) bond motifs is 1. The lowest BCUT2D eigenvalue weighted by Gasteiger charge is -2.29. The average molecular weight is 512 g/mol. The summed E-state index contributed by atoms with van der Waals surface area (Å²) >= 11 is 5.73. The average Bonchev–Trinajstić information content (AvgIpc) is 3.13. The minimum Gasteiger partial charge on any atom is -0.481 e. The van der Waals surface area contributed by atoms with Gasteiger partial charge < -0.3 is 15.3 Å². The Labute approximate surface area is 211 Å². The van der Waals surface area contributed by atoms with E-state index in [0.29, 0.717) is 60.6 Å². The van der Waals surface area contributed by atoms with E-state index >= 15 is 0 Å². The van der Waals surface area contributed by atoms with Crippen LogP contribution in [0.15, 0.2) is 28.3 Å². The smallest absolute Gasteiger partial charge is 0.306 e. The number of thiol groups is 1. The number of pyridine rings is 1. The Bertz CT molecular complexity index is 1410. The van der Waals surface area contributed by atoms with Crippen LogP contribution in [0.3, 0.4) is 0 Å². The summed E-state index contributed by atoms with van der Waals surface area (Å²) in [4.78, 5) is 48.9. The highest BCUT2D eigenvalue weighted by Crippen LogP contribution is 2.28. The van der Waals surface area contributed by atoms with Crippen LogP contribution < -0.4 is 10.9 Å². The first-order valence-corrected chi connectivity index (χ1v) is 12.4. The molecule has 1 aliphatic heterocycles. The Balaban J connectivity index is 1.49. The van der Waals surface area contributed by atoms with E-state index < -0.39 is 11.9 Å². The van der Waals surface area contributed by atoms with Gasteiger partial charge in [-0.15, -0.1) is 24.0 Å². The fourth-order valence-corrected chi connectivity index (χ4v) is 5.37. The highest BCUT2D eigenvalue weighted by molar-refractivity contribution is 7.80. The van der Waals surface area contributed by atoms with Gasteiger partial charge in [0.25, 0.3) is 11.5 Å². The standard InChI is InChI=1S/C24H25N5O4S2/c1-14-5-8-25-18(13-14)29-22(31)20-17(15(2)35-21(20)27-24(29)34)3-4-19(30)26-9-12-28-10-6-16(7-11-28)23(32)33/h5,8,13,16H,6-7,9-12H2,1-2H3,(H,26,30)(H,27,34)(H,32,33). The molecule has 1 fully saturated rings. The van der Waals surface area contributed by atoms with Crippen LogP contribution in [0.5, 0.6) is 0 Å². The number of carboxylic acid groups (broad SMARTS) is 1. The van der Waals surface area contributed by atoms with Crippen molar-refractivity contribution in [1.29, 1.82) is 0 Å². The quantitative estimate of drug-likeness (QED) is 0.273. The molecular weight excluding hydrogens is 486 g/mol.